The third-order valence-electron chi connectivity index (χ3n) is 1.51. The average molecular weight is 278 g/mol. The molecule has 0 N–H and O–H groups in total. The summed E-state index contributed by atoms with van der Waals surface area (Å²) in [4.78, 5) is 0. The first kappa shape index (κ1) is 14.0. The first-order chi connectivity index (χ1) is 7.86. The van der Waals surface area contributed by atoms with Gasteiger partial charge in [-0.05, 0) is 12.1 Å². The van der Waals surface area contributed by atoms with Crippen LogP contribution in [0.25, 0.3) is 10.6 Å². The molecule has 0 aliphatic rings. The number of hydrogen-bond acceptors (Lipinski definition) is 4. The lowest BCUT2D eigenvalue weighted by molar-refractivity contribution is -2.00. The minimum Gasteiger partial charge on any atom is -0.222 e. The highest BCUT2D eigenvalue weighted by Crippen LogP contribution is 2.24. The van der Waals surface area contributed by atoms with Gasteiger partial charge >= 0.3 is 16.4 Å². The summed E-state index contributed by atoms with van der Waals surface area (Å²) in [5.41, 5.74) is 1.09. The summed E-state index contributed by atoms with van der Waals surface area (Å²) < 4.78 is 39.1. The lowest BCUT2D eigenvalue weighted by Crippen LogP contribution is -2.68. The molecule has 0 aliphatic heterocycles. The molecule has 0 saturated heterocycles. The van der Waals surface area contributed by atoms with Gasteiger partial charge in [-0.2, -0.15) is 5.16 Å². The zero-order valence-electron chi connectivity index (χ0n) is 8.66. The highest BCUT2D eigenvalue weighted by Gasteiger charge is 2.23. The summed E-state index contributed by atoms with van der Waals surface area (Å²) in [6.45, 7) is 1.93. The largest absolute Gasteiger partial charge is 0.605 e. The molecule has 1 aromatic heterocycles. The van der Waals surface area contributed by atoms with Gasteiger partial charge < -0.3 is 0 Å². The zero-order chi connectivity index (χ0) is 12.9. The fourth-order valence-electron chi connectivity index (χ4n) is 0.963. The van der Waals surface area contributed by atoms with Crippen molar-refractivity contribution in [2.45, 2.75) is 6.92 Å². The van der Waals surface area contributed by atoms with Gasteiger partial charge in [0.2, 0.25) is 0 Å². The van der Waals surface area contributed by atoms with Crippen LogP contribution < -0.4 is 23.8 Å². The molecule has 8 heteroatoms. The van der Waals surface area contributed by atoms with Crippen LogP contribution >= 0.6 is 11.3 Å². The number of aromatic nitrogens is 1. The van der Waals surface area contributed by atoms with Crippen molar-refractivity contribution in [3.05, 3.63) is 35.3 Å². The van der Waals surface area contributed by atoms with Gasteiger partial charge in [0.05, 0.1) is 0 Å². The molecular formula is C9H8ClNO5S. The van der Waals surface area contributed by atoms with Crippen LogP contribution in [0.5, 0.6) is 0 Å². The van der Waals surface area contributed by atoms with E-state index in [0.29, 0.717) is 0 Å². The molecule has 0 atom stereocenters. The molecule has 0 bridgehead atoms. The third kappa shape index (κ3) is 6.27. The summed E-state index contributed by atoms with van der Waals surface area (Å²) >= 11 is 1.56. The molecule has 2 aromatic rings. The molecule has 17 heavy (non-hydrogen) atoms. The van der Waals surface area contributed by atoms with Crippen LogP contribution in [-0.4, -0.2) is 0 Å². The van der Waals surface area contributed by atoms with E-state index < -0.39 is 10.2 Å². The summed E-state index contributed by atoms with van der Waals surface area (Å²) in [6.07, 6.45) is 0. The number of rotatable bonds is 1. The summed E-state index contributed by atoms with van der Waals surface area (Å²) in [6, 6.07) is 9.98. The van der Waals surface area contributed by atoms with E-state index in [1.54, 1.807) is 11.3 Å². The monoisotopic (exact) mass is 277 g/mol. The van der Waals surface area contributed by atoms with Crippen molar-refractivity contribution < 1.29 is 33.4 Å². The Morgan fingerprint density at radius 2 is 1.65 bits per heavy atom. The van der Waals surface area contributed by atoms with Crippen molar-refractivity contribution in [1.29, 1.82) is 0 Å². The van der Waals surface area contributed by atoms with Crippen LogP contribution in [0.1, 0.15) is 5.01 Å². The molecule has 92 valence electrons. The SMILES string of the molecule is Cc1[n-][o+]c(-c2ccccc2)[s+]1.[O-][Cl+3]([O-])([O-])[O-]. The topological polar surface area (TPSA) is 118 Å². The third-order valence-corrected chi connectivity index (χ3v) is 2.37. The zero-order valence-corrected chi connectivity index (χ0v) is 10.2. The highest BCUT2D eigenvalue weighted by atomic mass is 35.7. The normalized spacial score (nSPS) is 10.6. The minimum atomic E-state index is -4.94. The molecule has 0 radical (unpaired) electrons. The molecule has 0 saturated carbocycles. The Bertz CT molecular complexity index is 450. The van der Waals surface area contributed by atoms with Gasteiger partial charge in [-0.15, -0.1) is 10.2 Å². The predicted octanol–water partition coefficient (Wildman–Crippen LogP) is -1.92. The number of benzene rings is 1. The molecule has 6 nitrogen and oxygen atoms in total. The fraction of sp³-hybridized carbons (Fsp3) is 0.111. The standard InChI is InChI=1S/C9H8NOS.ClHO4/c1-7-10-11-9(12-7)8-5-3-2-4-6-8;2-1(3,4)5/h2-6H,1H3;(H,2,3,4,5)/q+1;/p-1. The number of aryl methyl sites for hydroxylation is 1. The maximum absolute atomic E-state index is 8.49. The minimum absolute atomic E-state index is 0.869. The summed E-state index contributed by atoms with van der Waals surface area (Å²) in [5.74, 6) is 0. The number of halogens is 1. The summed E-state index contributed by atoms with van der Waals surface area (Å²) in [5, 5.41) is 5.66. The van der Waals surface area contributed by atoms with E-state index in [4.69, 9.17) is 23.2 Å². The lowest BCUT2D eigenvalue weighted by atomic mass is 10.2. The maximum Gasteiger partial charge on any atom is 0.605 e. The van der Waals surface area contributed by atoms with Gasteiger partial charge in [0.15, 0.2) is 5.01 Å². The van der Waals surface area contributed by atoms with Crippen LogP contribution in [0.3, 0.4) is 0 Å². The van der Waals surface area contributed by atoms with E-state index in [2.05, 4.69) is 5.16 Å². The first-order valence-corrected chi connectivity index (χ1v) is 6.35. The second-order valence-corrected chi connectivity index (χ2v) is 4.76. The number of hydrogen-bond donors (Lipinski definition) is 0. The lowest BCUT2D eigenvalue weighted by Gasteiger charge is -2.17. The molecule has 0 amide bonds. The average Bonchev–Trinajstić information content (AvgIpc) is 2.64. The van der Waals surface area contributed by atoms with E-state index in [-0.39, 0.29) is 0 Å². The molecule has 2 rings (SSSR count). The molecule has 0 spiro atoms. The van der Waals surface area contributed by atoms with Gasteiger partial charge in [-0.3, -0.25) is 0 Å². The maximum atomic E-state index is 8.49. The van der Waals surface area contributed by atoms with Crippen molar-refractivity contribution >= 4 is 11.3 Å². The highest BCUT2D eigenvalue weighted by molar-refractivity contribution is 7.14. The van der Waals surface area contributed by atoms with Crippen molar-refractivity contribution in [2.24, 2.45) is 0 Å². The predicted molar refractivity (Wildman–Crippen MR) is 48.9 cm³/mol. The van der Waals surface area contributed by atoms with Crippen LogP contribution in [0.4, 0.5) is 0 Å². The quantitative estimate of drug-likeness (QED) is 0.561. The van der Waals surface area contributed by atoms with E-state index in [9.17, 15) is 0 Å². The fourth-order valence-corrected chi connectivity index (χ4v) is 1.63. The molecular weight excluding hydrogens is 270 g/mol. The van der Waals surface area contributed by atoms with Gasteiger partial charge in [-0.1, -0.05) is 18.2 Å². The van der Waals surface area contributed by atoms with Crippen LogP contribution in [0, 0.1) is 17.2 Å². The Morgan fingerprint density at radius 3 is 2.06 bits per heavy atom. The van der Waals surface area contributed by atoms with E-state index in [0.717, 1.165) is 15.6 Å². The Kier molecular flexibility index (Phi) is 4.94. The Hall–Kier alpha value is -1.09. The van der Waals surface area contributed by atoms with Crippen LogP contribution in [-0.2, 0) is 0 Å². The van der Waals surface area contributed by atoms with E-state index in [1.807, 2.05) is 37.3 Å². The smallest absolute Gasteiger partial charge is 0.222 e. The first-order valence-electron chi connectivity index (χ1n) is 4.30. The molecule has 1 heterocycles. The van der Waals surface area contributed by atoms with Gasteiger partial charge in [-0.25, -0.2) is 23.2 Å². The Balaban J connectivity index is 0.000000249. The van der Waals surface area contributed by atoms with Crippen LogP contribution in [0.15, 0.2) is 34.9 Å². The second-order valence-electron chi connectivity index (χ2n) is 2.84. The van der Waals surface area contributed by atoms with Crippen molar-refractivity contribution in [3.63, 3.8) is 0 Å². The Morgan fingerprint density at radius 1 is 1.12 bits per heavy atom. The summed E-state index contributed by atoms with van der Waals surface area (Å²) in [7, 11) is -4.94. The van der Waals surface area contributed by atoms with Gasteiger partial charge in [0.25, 0.3) is 0 Å². The second kappa shape index (κ2) is 6.01. The Labute approximate surface area is 103 Å². The van der Waals surface area contributed by atoms with Crippen molar-refractivity contribution in [3.8, 4) is 10.6 Å². The van der Waals surface area contributed by atoms with E-state index >= 15 is 0 Å². The van der Waals surface area contributed by atoms with Gasteiger partial charge in [0.1, 0.15) is 5.56 Å². The molecule has 0 aliphatic carbocycles. The van der Waals surface area contributed by atoms with E-state index in [1.165, 1.54) is 0 Å². The molecule has 1 aromatic carbocycles. The number of nitrogens with zero attached hydrogens (tertiary/aromatic N) is 1. The van der Waals surface area contributed by atoms with Gasteiger partial charge in [0, 0.05) is 6.92 Å². The van der Waals surface area contributed by atoms with Crippen LogP contribution in [0.2, 0.25) is 0 Å². The molecule has 0 unspecified atom stereocenters. The van der Waals surface area contributed by atoms with Crippen molar-refractivity contribution in [1.82, 2.24) is 5.16 Å². The van der Waals surface area contributed by atoms with Crippen molar-refractivity contribution in [2.75, 3.05) is 0 Å². The molecule has 0 fully saturated rings.